The van der Waals surface area contributed by atoms with Crippen LogP contribution in [-0.2, 0) is 15.1 Å². The van der Waals surface area contributed by atoms with Crippen LogP contribution in [0.5, 0.6) is 0 Å². The van der Waals surface area contributed by atoms with E-state index >= 15 is 0 Å². The largest absolute Gasteiger partial charge is 0.345 e. The third kappa shape index (κ3) is 4.06. The van der Waals surface area contributed by atoms with E-state index in [0.29, 0.717) is 0 Å². The maximum absolute atomic E-state index is 11.9. The van der Waals surface area contributed by atoms with Gasteiger partial charge in [0.2, 0.25) is 0 Å². The zero-order valence-electron chi connectivity index (χ0n) is 12.1. The number of rotatable bonds is 7. The number of carbonyl (C=O) groups excluding carboxylic acids is 1. The van der Waals surface area contributed by atoms with Gasteiger partial charge in [0.05, 0.1) is 5.92 Å². The molecule has 0 aliphatic carbocycles. The van der Waals surface area contributed by atoms with Crippen LogP contribution >= 0.6 is 0 Å². The highest BCUT2D eigenvalue weighted by atomic mass is 17.1. The zero-order chi connectivity index (χ0) is 14.3. The molecule has 3 nitrogen and oxygen atoms in total. The number of unbranched alkanes of at least 4 members (excludes halogenated alkanes) is 2. The highest BCUT2D eigenvalue weighted by Crippen LogP contribution is 2.35. The van der Waals surface area contributed by atoms with Gasteiger partial charge in [-0.3, -0.25) is 0 Å². The Morgan fingerprint density at radius 3 is 2.42 bits per heavy atom. The maximum atomic E-state index is 11.9. The molecule has 0 heterocycles. The van der Waals surface area contributed by atoms with Gasteiger partial charge >= 0.3 is 5.97 Å². The zero-order valence-corrected chi connectivity index (χ0v) is 12.1. The monoisotopic (exact) mass is 264 g/mol. The van der Waals surface area contributed by atoms with Crippen molar-refractivity contribution >= 4 is 5.97 Å². The van der Waals surface area contributed by atoms with Crippen LogP contribution in [0.25, 0.3) is 0 Å². The molecule has 0 radical (unpaired) electrons. The Bertz CT molecular complexity index is 384. The van der Waals surface area contributed by atoms with E-state index in [4.69, 9.17) is 5.26 Å². The molecule has 0 aliphatic heterocycles. The molecule has 1 unspecified atom stereocenters. The average Bonchev–Trinajstić information content (AvgIpc) is 2.43. The topological polar surface area (TPSA) is 46.5 Å². The smallest absolute Gasteiger partial charge is 0.301 e. The van der Waals surface area contributed by atoms with Crippen LogP contribution in [0.2, 0.25) is 0 Å². The summed E-state index contributed by atoms with van der Waals surface area (Å²) in [5.74, 6) is -0.864. The molecule has 0 spiro atoms. The summed E-state index contributed by atoms with van der Waals surface area (Å²) in [7, 11) is 0. The Hall–Kier alpha value is -1.35. The standard InChI is InChI=1S/C16H24O3/c1-4-5-7-12-14(15(17)19-18)16(2,3)13-10-8-6-9-11-13/h6,8-11,14,18H,4-5,7,12H2,1-3H3. The summed E-state index contributed by atoms with van der Waals surface area (Å²) in [5.41, 5.74) is 0.733. The number of benzene rings is 1. The first-order chi connectivity index (χ1) is 9.04. The Kier molecular flexibility index (Phi) is 6.03. The lowest BCUT2D eigenvalue weighted by Gasteiger charge is -2.32. The van der Waals surface area contributed by atoms with Gasteiger partial charge in [-0.15, -0.1) is 0 Å². The lowest BCUT2D eigenvalue weighted by atomic mass is 9.71. The molecule has 1 atom stereocenters. The van der Waals surface area contributed by atoms with Crippen molar-refractivity contribution in [3.8, 4) is 0 Å². The van der Waals surface area contributed by atoms with Gasteiger partial charge in [0, 0.05) is 5.41 Å². The van der Waals surface area contributed by atoms with Crippen LogP contribution < -0.4 is 0 Å². The van der Waals surface area contributed by atoms with Crippen LogP contribution in [0, 0.1) is 5.92 Å². The van der Waals surface area contributed by atoms with E-state index in [-0.39, 0.29) is 11.3 Å². The van der Waals surface area contributed by atoms with Crippen LogP contribution in [0.15, 0.2) is 30.3 Å². The molecule has 0 aliphatic rings. The van der Waals surface area contributed by atoms with Crippen molar-refractivity contribution in [2.75, 3.05) is 0 Å². The Morgan fingerprint density at radius 2 is 1.89 bits per heavy atom. The SMILES string of the molecule is CCCCCC(C(=O)OO)C(C)(C)c1ccccc1. The maximum Gasteiger partial charge on any atom is 0.345 e. The van der Waals surface area contributed by atoms with E-state index in [1.807, 2.05) is 44.2 Å². The van der Waals surface area contributed by atoms with E-state index in [2.05, 4.69) is 11.8 Å². The second-order valence-electron chi connectivity index (χ2n) is 5.55. The highest BCUT2D eigenvalue weighted by molar-refractivity contribution is 5.73. The molecule has 1 N–H and O–H groups in total. The molecule has 1 aromatic carbocycles. The molecule has 0 aromatic heterocycles. The van der Waals surface area contributed by atoms with Gasteiger partial charge in [0.15, 0.2) is 0 Å². The van der Waals surface area contributed by atoms with Gasteiger partial charge < -0.3 is 4.89 Å². The minimum absolute atomic E-state index is 0.327. The predicted molar refractivity (Wildman–Crippen MR) is 75.8 cm³/mol. The molecule has 106 valence electrons. The number of carbonyl (C=O) groups is 1. The number of hydrogen-bond donors (Lipinski definition) is 1. The van der Waals surface area contributed by atoms with Crippen LogP contribution in [-0.4, -0.2) is 11.2 Å². The van der Waals surface area contributed by atoms with E-state index < -0.39 is 5.97 Å². The molecule has 19 heavy (non-hydrogen) atoms. The van der Waals surface area contributed by atoms with Gasteiger partial charge in [0.1, 0.15) is 0 Å². The Labute approximate surface area is 115 Å². The second kappa shape index (κ2) is 7.29. The van der Waals surface area contributed by atoms with Crippen molar-refractivity contribution in [1.29, 1.82) is 0 Å². The quantitative estimate of drug-likeness (QED) is 0.456. The van der Waals surface area contributed by atoms with Crippen molar-refractivity contribution in [3.05, 3.63) is 35.9 Å². The summed E-state index contributed by atoms with van der Waals surface area (Å²) in [6, 6.07) is 9.90. The summed E-state index contributed by atoms with van der Waals surface area (Å²) in [5, 5.41) is 8.72. The predicted octanol–water partition coefficient (Wildman–Crippen LogP) is 4.18. The second-order valence-corrected chi connectivity index (χ2v) is 5.55. The first-order valence-corrected chi connectivity index (χ1v) is 6.94. The summed E-state index contributed by atoms with van der Waals surface area (Å²) in [6.45, 7) is 6.17. The van der Waals surface area contributed by atoms with E-state index in [1.165, 1.54) is 0 Å². The van der Waals surface area contributed by atoms with Crippen molar-refractivity contribution in [2.24, 2.45) is 5.92 Å². The Balaban J connectivity index is 2.92. The average molecular weight is 264 g/mol. The first kappa shape index (κ1) is 15.7. The normalized spacial score (nSPS) is 13.1. The molecular weight excluding hydrogens is 240 g/mol. The Morgan fingerprint density at radius 1 is 1.26 bits per heavy atom. The summed E-state index contributed by atoms with van der Waals surface area (Å²) in [4.78, 5) is 15.9. The third-order valence-electron chi connectivity index (χ3n) is 3.86. The van der Waals surface area contributed by atoms with E-state index in [1.54, 1.807) is 0 Å². The van der Waals surface area contributed by atoms with E-state index in [0.717, 1.165) is 31.2 Å². The van der Waals surface area contributed by atoms with Crippen LogP contribution in [0.1, 0.15) is 52.0 Å². The van der Waals surface area contributed by atoms with Gasteiger partial charge in [-0.2, -0.15) is 5.26 Å². The molecule has 1 aromatic rings. The van der Waals surface area contributed by atoms with Crippen molar-refractivity contribution < 1.29 is 14.9 Å². The van der Waals surface area contributed by atoms with Crippen molar-refractivity contribution in [2.45, 2.75) is 51.9 Å². The first-order valence-electron chi connectivity index (χ1n) is 6.94. The lowest BCUT2D eigenvalue weighted by Crippen LogP contribution is -2.35. The highest BCUT2D eigenvalue weighted by Gasteiger charge is 2.37. The van der Waals surface area contributed by atoms with E-state index in [9.17, 15) is 4.79 Å². The molecule has 0 saturated carbocycles. The summed E-state index contributed by atoms with van der Waals surface area (Å²) >= 11 is 0. The molecular formula is C16H24O3. The molecule has 0 amide bonds. The molecule has 0 saturated heterocycles. The molecule has 0 bridgehead atoms. The molecule has 1 rings (SSSR count). The van der Waals surface area contributed by atoms with Crippen LogP contribution in [0.3, 0.4) is 0 Å². The fourth-order valence-corrected chi connectivity index (χ4v) is 2.50. The summed E-state index contributed by atoms with van der Waals surface area (Å²) < 4.78 is 0. The minimum atomic E-state index is -0.537. The van der Waals surface area contributed by atoms with Crippen molar-refractivity contribution in [1.82, 2.24) is 0 Å². The minimum Gasteiger partial charge on any atom is -0.301 e. The van der Waals surface area contributed by atoms with Gasteiger partial charge in [-0.05, 0) is 12.0 Å². The molecule has 0 fully saturated rings. The lowest BCUT2D eigenvalue weighted by molar-refractivity contribution is -0.241. The van der Waals surface area contributed by atoms with Gasteiger partial charge in [0.25, 0.3) is 0 Å². The number of hydrogen-bond acceptors (Lipinski definition) is 3. The van der Waals surface area contributed by atoms with Gasteiger partial charge in [-0.1, -0.05) is 70.4 Å². The van der Waals surface area contributed by atoms with Gasteiger partial charge in [-0.25, -0.2) is 4.79 Å². The third-order valence-corrected chi connectivity index (χ3v) is 3.86. The fraction of sp³-hybridized carbons (Fsp3) is 0.562. The van der Waals surface area contributed by atoms with Crippen LogP contribution in [0.4, 0.5) is 0 Å². The molecule has 3 heteroatoms. The van der Waals surface area contributed by atoms with Crippen molar-refractivity contribution in [3.63, 3.8) is 0 Å². The fourth-order valence-electron chi connectivity index (χ4n) is 2.50. The summed E-state index contributed by atoms with van der Waals surface area (Å²) in [6.07, 6.45) is 3.88.